The molecule has 1 saturated heterocycles. The first-order valence-corrected chi connectivity index (χ1v) is 6.08. The maximum Gasteiger partial charge on any atom is 0.246 e. The van der Waals surface area contributed by atoms with E-state index in [1.165, 1.54) is 11.1 Å². The molecule has 0 radical (unpaired) electrons. The Balaban J connectivity index is 2.18. The number of carbonyl (C=O) groups is 2. The maximum absolute atomic E-state index is 12.1. The summed E-state index contributed by atoms with van der Waals surface area (Å²) >= 11 is 0. The lowest BCUT2D eigenvalue weighted by Gasteiger charge is -2.31. The summed E-state index contributed by atoms with van der Waals surface area (Å²) in [5.74, 6) is -0.459. The van der Waals surface area contributed by atoms with Crippen LogP contribution in [0, 0.1) is 11.3 Å². The van der Waals surface area contributed by atoms with Gasteiger partial charge in [0.25, 0.3) is 0 Å². The number of hydrogen-bond donors (Lipinski definition) is 1. The quantitative estimate of drug-likeness (QED) is 0.782. The third-order valence-electron chi connectivity index (χ3n) is 3.05. The van der Waals surface area contributed by atoms with Gasteiger partial charge in [-0.2, -0.15) is 5.26 Å². The minimum atomic E-state index is -0.310. The van der Waals surface area contributed by atoms with E-state index >= 15 is 0 Å². The van der Waals surface area contributed by atoms with Crippen molar-refractivity contribution in [3.8, 4) is 6.07 Å². The second kappa shape index (κ2) is 5.59. The molecule has 1 unspecified atom stereocenters. The fourth-order valence-corrected chi connectivity index (χ4v) is 2.01. The molecule has 0 saturated carbocycles. The molecule has 6 heteroatoms. The normalized spacial score (nSPS) is 19.4. The van der Waals surface area contributed by atoms with Gasteiger partial charge in [0.15, 0.2) is 0 Å². The monoisotopic (exact) mass is 258 g/mol. The van der Waals surface area contributed by atoms with Crippen molar-refractivity contribution in [3.05, 3.63) is 29.6 Å². The number of amides is 2. The number of rotatable bonds is 3. The lowest BCUT2D eigenvalue weighted by Crippen LogP contribution is -2.57. The summed E-state index contributed by atoms with van der Waals surface area (Å²) in [4.78, 5) is 29.0. The van der Waals surface area contributed by atoms with Crippen molar-refractivity contribution in [1.82, 2.24) is 15.2 Å². The van der Waals surface area contributed by atoms with E-state index in [9.17, 15) is 9.59 Å². The van der Waals surface area contributed by atoms with Crippen LogP contribution in [0.4, 0.5) is 0 Å². The summed E-state index contributed by atoms with van der Waals surface area (Å²) in [5, 5.41) is 11.7. The molecule has 0 spiro atoms. The van der Waals surface area contributed by atoms with E-state index in [1.54, 1.807) is 12.1 Å². The molecule has 2 rings (SSSR count). The average molecular weight is 258 g/mol. The van der Waals surface area contributed by atoms with Crippen molar-refractivity contribution in [3.63, 3.8) is 0 Å². The van der Waals surface area contributed by atoms with Crippen LogP contribution >= 0.6 is 0 Å². The summed E-state index contributed by atoms with van der Waals surface area (Å²) < 4.78 is 0. The van der Waals surface area contributed by atoms with E-state index in [0.717, 1.165) is 5.56 Å². The van der Waals surface area contributed by atoms with Gasteiger partial charge in [-0.3, -0.25) is 19.8 Å². The summed E-state index contributed by atoms with van der Waals surface area (Å²) in [7, 11) is 0. The molecule has 2 heterocycles. The SMILES string of the molecule is CCC1NCC(=O)N(Cc2ccnc(C#N)c2)C1=O. The molecule has 0 aromatic carbocycles. The average Bonchev–Trinajstić information content (AvgIpc) is 2.44. The predicted molar refractivity (Wildman–Crippen MR) is 66.6 cm³/mol. The lowest BCUT2D eigenvalue weighted by molar-refractivity contribution is -0.150. The standard InChI is InChI=1S/C13H14N4O2/c1-2-11-13(19)17(12(18)7-16-11)8-9-3-4-15-10(5-9)6-14/h3-5,11,16H,2,7-8H2,1H3. The van der Waals surface area contributed by atoms with Gasteiger partial charge in [0.05, 0.1) is 19.1 Å². The number of aromatic nitrogens is 1. The fraction of sp³-hybridized carbons (Fsp3) is 0.385. The van der Waals surface area contributed by atoms with Gasteiger partial charge in [-0.1, -0.05) is 6.92 Å². The first-order chi connectivity index (χ1) is 9.15. The van der Waals surface area contributed by atoms with E-state index in [2.05, 4.69) is 10.3 Å². The first kappa shape index (κ1) is 13.2. The van der Waals surface area contributed by atoms with Crippen LogP contribution in [0.25, 0.3) is 0 Å². The van der Waals surface area contributed by atoms with Gasteiger partial charge in [0.1, 0.15) is 11.8 Å². The molecule has 1 fully saturated rings. The smallest absolute Gasteiger partial charge is 0.246 e. The number of nitrogens with zero attached hydrogens (tertiary/aromatic N) is 3. The molecule has 1 atom stereocenters. The molecule has 1 aliphatic heterocycles. The molecule has 1 aliphatic rings. The van der Waals surface area contributed by atoms with Crippen molar-refractivity contribution >= 4 is 11.8 Å². The highest BCUT2D eigenvalue weighted by atomic mass is 16.2. The highest BCUT2D eigenvalue weighted by Gasteiger charge is 2.32. The first-order valence-electron chi connectivity index (χ1n) is 6.08. The van der Waals surface area contributed by atoms with Gasteiger partial charge in [0, 0.05) is 6.20 Å². The third kappa shape index (κ3) is 2.77. The Morgan fingerprint density at radius 2 is 2.37 bits per heavy atom. The van der Waals surface area contributed by atoms with Crippen molar-refractivity contribution in [2.75, 3.05) is 6.54 Å². The number of hydrogen-bond acceptors (Lipinski definition) is 5. The van der Waals surface area contributed by atoms with Gasteiger partial charge < -0.3 is 0 Å². The van der Waals surface area contributed by atoms with Crippen molar-refractivity contribution in [1.29, 1.82) is 5.26 Å². The highest BCUT2D eigenvalue weighted by molar-refractivity contribution is 6.01. The topological polar surface area (TPSA) is 86.1 Å². The highest BCUT2D eigenvalue weighted by Crippen LogP contribution is 2.11. The Bertz CT molecular complexity index is 550. The lowest BCUT2D eigenvalue weighted by atomic mass is 10.1. The van der Waals surface area contributed by atoms with Crippen LogP contribution < -0.4 is 5.32 Å². The van der Waals surface area contributed by atoms with E-state index in [0.29, 0.717) is 6.42 Å². The Labute approximate surface area is 111 Å². The largest absolute Gasteiger partial charge is 0.297 e. The van der Waals surface area contributed by atoms with Crippen molar-refractivity contribution in [2.24, 2.45) is 0 Å². The predicted octanol–water partition coefficient (Wildman–Crippen LogP) is 0.190. The molecule has 0 aliphatic carbocycles. The maximum atomic E-state index is 12.1. The molecule has 6 nitrogen and oxygen atoms in total. The van der Waals surface area contributed by atoms with Gasteiger partial charge in [-0.05, 0) is 24.1 Å². The van der Waals surface area contributed by atoms with Crippen LogP contribution in [0.15, 0.2) is 18.3 Å². The van der Waals surface area contributed by atoms with Crippen LogP contribution in [-0.2, 0) is 16.1 Å². The third-order valence-corrected chi connectivity index (χ3v) is 3.05. The number of pyridine rings is 1. The Hall–Kier alpha value is -2.26. The van der Waals surface area contributed by atoms with Crippen molar-refractivity contribution in [2.45, 2.75) is 25.9 Å². The molecule has 2 amide bonds. The van der Waals surface area contributed by atoms with Crippen molar-refractivity contribution < 1.29 is 9.59 Å². The number of nitriles is 1. The minimum absolute atomic E-state index is 0.167. The Morgan fingerprint density at radius 3 is 3.05 bits per heavy atom. The zero-order valence-corrected chi connectivity index (χ0v) is 10.6. The van der Waals surface area contributed by atoms with E-state index in [1.807, 2.05) is 13.0 Å². The number of imide groups is 1. The van der Waals surface area contributed by atoms with E-state index in [4.69, 9.17) is 5.26 Å². The Kier molecular flexibility index (Phi) is 3.88. The van der Waals surface area contributed by atoms with Crippen LogP contribution in [0.1, 0.15) is 24.6 Å². The van der Waals surface area contributed by atoms with Crippen LogP contribution in [0.2, 0.25) is 0 Å². The second-order valence-electron chi connectivity index (χ2n) is 4.32. The molecule has 98 valence electrons. The molecular weight excluding hydrogens is 244 g/mol. The Morgan fingerprint density at radius 1 is 1.58 bits per heavy atom. The zero-order chi connectivity index (χ0) is 13.8. The second-order valence-corrected chi connectivity index (χ2v) is 4.32. The molecule has 0 bridgehead atoms. The number of piperazine rings is 1. The molecule has 1 aromatic rings. The molecule has 1 N–H and O–H groups in total. The van der Waals surface area contributed by atoms with Crippen LogP contribution in [-0.4, -0.2) is 34.3 Å². The molecular formula is C13H14N4O2. The van der Waals surface area contributed by atoms with Crippen LogP contribution in [0.3, 0.4) is 0 Å². The van der Waals surface area contributed by atoms with Gasteiger partial charge in [-0.15, -0.1) is 0 Å². The summed E-state index contributed by atoms with van der Waals surface area (Å²) in [6.45, 7) is 2.25. The van der Waals surface area contributed by atoms with E-state index < -0.39 is 0 Å². The summed E-state index contributed by atoms with van der Waals surface area (Å²) in [6, 6.07) is 4.91. The van der Waals surface area contributed by atoms with E-state index in [-0.39, 0.29) is 36.6 Å². The summed E-state index contributed by atoms with van der Waals surface area (Å²) in [5.41, 5.74) is 1.00. The van der Waals surface area contributed by atoms with Gasteiger partial charge in [0.2, 0.25) is 11.8 Å². The molecule has 19 heavy (non-hydrogen) atoms. The summed E-state index contributed by atoms with van der Waals surface area (Å²) in [6.07, 6.45) is 2.14. The minimum Gasteiger partial charge on any atom is -0.297 e. The van der Waals surface area contributed by atoms with Crippen LogP contribution in [0.5, 0.6) is 0 Å². The zero-order valence-electron chi connectivity index (χ0n) is 10.6. The fourth-order valence-electron chi connectivity index (χ4n) is 2.01. The van der Waals surface area contributed by atoms with Gasteiger partial charge in [-0.25, -0.2) is 4.98 Å². The van der Waals surface area contributed by atoms with Gasteiger partial charge >= 0.3 is 0 Å². The molecule has 1 aromatic heterocycles. The number of carbonyl (C=O) groups excluding carboxylic acids is 2. The number of nitrogens with one attached hydrogen (secondary N) is 1.